The van der Waals surface area contributed by atoms with Crippen molar-refractivity contribution in [1.82, 2.24) is 0 Å². The number of hydrogen-bond donors (Lipinski definition) is 1. The third-order valence-electron chi connectivity index (χ3n) is 2.93. The highest BCUT2D eigenvalue weighted by Crippen LogP contribution is 2.25. The lowest BCUT2D eigenvalue weighted by molar-refractivity contribution is 0.466. The summed E-state index contributed by atoms with van der Waals surface area (Å²) in [5.41, 5.74) is 0.134. The van der Waals surface area contributed by atoms with Crippen molar-refractivity contribution in [3.63, 3.8) is 0 Å². The molecule has 1 aromatic carbocycles. The topological polar surface area (TPSA) is 59.3 Å². The van der Waals surface area contributed by atoms with Crippen LogP contribution < -0.4 is 5.32 Å². The molecule has 1 heterocycles. The Kier molecular flexibility index (Phi) is 3.85. The van der Waals surface area contributed by atoms with Gasteiger partial charge in [-0.05, 0) is 44.2 Å². The molecule has 0 bridgehead atoms. The Balaban J connectivity index is 2.29. The quantitative estimate of drug-likeness (QED) is 0.880. The van der Waals surface area contributed by atoms with Gasteiger partial charge in [0.05, 0.1) is 16.6 Å². The van der Waals surface area contributed by atoms with Gasteiger partial charge in [-0.2, -0.15) is 0 Å². The number of halogens is 1. The Hall–Kier alpha value is -1.82. The number of benzene rings is 1. The molecule has 108 valence electrons. The van der Waals surface area contributed by atoms with Gasteiger partial charge < -0.3 is 9.73 Å². The molecule has 0 aliphatic carbocycles. The summed E-state index contributed by atoms with van der Waals surface area (Å²) in [6, 6.07) is 7.02. The fraction of sp³-hybridized carbons (Fsp3) is 0.286. The maximum atomic E-state index is 13.8. The van der Waals surface area contributed by atoms with E-state index in [1.165, 1.54) is 12.1 Å². The van der Waals surface area contributed by atoms with E-state index in [0.717, 1.165) is 18.1 Å². The zero-order chi connectivity index (χ0) is 14.9. The van der Waals surface area contributed by atoms with Gasteiger partial charge in [0.15, 0.2) is 9.84 Å². The standard InChI is InChI=1S/C14H16FNO3S/c1-9-4-7-14(19-9)10(2)16-13-8-11(20(3,17)18)5-6-12(13)15/h4-8,10,16H,1-3H3. The Morgan fingerprint density at radius 1 is 1.25 bits per heavy atom. The van der Waals surface area contributed by atoms with Gasteiger partial charge in [-0.15, -0.1) is 0 Å². The van der Waals surface area contributed by atoms with Crippen LogP contribution in [0.4, 0.5) is 10.1 Å². The second-order valence-electron chi connectivity index (χ2n) is 4.73. The summed E-state index contributed by atoms with van der Waals surface area (Å²) < 4.78 is 42.2. The van der Waals surface area contributed by atoms with Crippen molar-refractivity contribution in [1.29, 1.82) is 0 Å². The lowest BCUT2D eigenvalue weighted by atomic mass is 10.2. The van der Waals surface area contributed by atoms with Gasteiger partial charge in [-0.3, -0.25) is 0 Å². The summed E-state index contributed by atoms with van der Waals surface area (Å²) in [7, 11) is -3.37. The van der Waals surface area contributed by atoms with Crippen LogP contribution in [0.25, 0.3) is 0 Å². The monoisotopic (exact) mass is 297 g/mol. The number of aryl methyl sites for hydroxylation is 1. The minimum atomic E-state index is -3.37. The predicted octanol–water partition coefficient (Wildman–Crippen LogP) is 3.30. The number of rotatable bonds is 4. The van der Waals surface area contributed by atoms with E-state index in [9.17, 15) is 12.8 Å². The minimum absolute atomic E-state index is 0.0734. The smallest absolute Gasteiger partial charge is 0.175 e. The van der Waals surface area contributed by atoms with Crippen molar-refractivity contribution in [3.8, 4) is 0 Å². The third kappa shape index (κ3) is 3.19. The molecular weight excluding hydrogens is 281 g/mol. The van der Waals surface area contributed by atoms with Crippen LogP contribution in [0, 0.1) is 12.7 Å². The second kappa shape index (κ2) is 5.28. The van der Waals surface area contributed by atoms with E-state index >= 15 is 0 Å². The molecule has 0 spiro atoms. The normalized spacial score (nSPS) is 13.2. The molecule has 20 heavy (non-hydrogen) atoms. The molecule has 2 aromatic rings. The molecule has 0 aliphatic heterocycles. The van der Waals surface area contributed by atoms with Crippen LogP contribution in [-0.4, -0.2) is 14.7 Å². The summed E-state index contributed by atoms with van der Waals surface area (Å²) in [6.45, 7) is 3.63. The molecule has 0 radical (unpaired) electrons. The summed E-state index contributed by atoms with van der Waals surface area (Å²) in [5.74, 6) is 0.915. The van der Waals surface area contributed by atoms with Crippen LogP contribution in [0.5, 0.6) is 0 Å². The lowest BCUT2D eigenvalue weighted by Crippen LogP contribution is -2.08. The average molecular weight is 297 g/mol. The van der Waals surface area contributed by atoms with E-state index in [4.69, 9.17) is 4.42 Å². The Morgan fingerprint density at radius 2 is 1.95 bits per heavy atom. The number of hydrogen-bond acceptors (Lipinski definition) is 4. The number of sulfone groups is 1. The highest BCUT2D eigenvalue weighted by molar-refractivity contribution is 7.90. The molecule has 0 amide bonds. The van der Waals surface area contributed by atoms with E-state index < -0.39 is 15.7 Å². The van der Waals surface area contributed by atoms with Crippen LogP contribution in [0.3, 0.4) is 0 Å². The molecular formula is C14H16FNO3S. The van der Waals surface area contributed by atoms with Crippen LogP contribution in [0.1, 0.15) is 24.5 Å². The van der Waals surface area contributed by atoms with Gasteiger partial charge in [0.2, 0.25) is 0 Å². The highest BCUT2D eigenvalue weighted by Gasteiger charge is 2.15. The molecule has 0 saturated carbocycles. The van der Waals surface area contributed by atoms with Crippen LogP contribution >= 0.6 is 0 Å². The van der Waals surface area contributed by atoms with Crippen molar-refractivity contribution in [2.45, 2.75) is 24.8 Å². The van der Waals surface area contributed by atoms with E-state index in [-0.39, 0.29) is 16.6 Å². The largest absolute Gasteiger partial charge is 0.464 e. The maximum absolute atomic E-state index is 13.8. The summed E-state index contributed by atoms with van der Waals surface area (Å²) in [5, 5.41) is 2.92. The Labute approximate surface area is 117 Å². The van der Waals surface area contributed by atoms with Crippen molar-refractivity contribution < 1.29 is 17.2 Å². The Morgan fingerprint density at radius 3 is 2.50 bits per heavy atom. The van der Waals surface area contributed by atoms with Gasteiger partial charge in [0.1, 0.15) is 17.3 Å². The van der Waals surface area contributed by atoms with Crippen molar-refractivity contribution in [2.24, 2.45) is 0 Å². The van der Waals surface area contributed by atoms with Gasteiger partial charge in [-0.1, -0.05) is 0 Å². The van der Waals surface area contributed by atoms with Gasteiger partial charge in [0, 0.05) is 6.26 Å². The Bertz CT molecular complexity index is 722. The molecule has 0 fully saturated rings. The fourth-order valence-corrected chi connectivity index (χ4v) is 2.48. The first-order valence-corrected chi connectivity index (χ1v) is 7.99. The first-order chi connectivity index (χ1) is 9.27. The molecule has 1 N–H and O–H groups in total. The van der Waals surface area contributed by atoms with Crippen molar-refractivity contribution >= 4 is 15.5 Å². The van der Waals surface area contributed by atoms with Gasteiger partial charge >= 0.3 is 0 Å². The van der Waals surface area contributed by atoms with Crippen LogP contribution in [0.2, 0.25) is 0 Å². The first-order valence-electron chi connectivity index (χ1n) is 6.10. The first kappa shape index (κ1) is 14.6. The van der Waals surface area contributed by atoms with Crippen molar-refractivity contribution in [3.05, 3.63) is 47.7 Å². The second-order valence-corrected chi connectivity index (χ2v) is 6.74. The summed E-state index contributed by atoms with van der Waals surface area (Å²) >= 11 is 0. The summed E-state index contributed by atoms with van der Waals surface area (Å²) in [4.78, 5) is 0.0734. The molecule has 1 unspecified atom stereocenters. The molecule has 2 rings (SSSR count). The van der Waals surface area contributed by atoms with E-state index in [1.807, 2.05) is 19.9 Å². The molecule has 4 nitrogen and oxygen atoms in total. The fourth-order valence-electron chi connectivity index (χ4n) is 1.84. The summed E-state index contributed by atoms with van der Waals surface area (Å²) in [6.07, 6.45) is 1.09. The minimum Gasteiger partial charge on any atom is -0.464 e. The van der Waals surface area contributed by atoms with E-state index in [2.05, 4.69) is 5.32 Å². The van der Waals surface area contributed by atoms with Gasteiger partial charge in [0.25, 0.3) is 0 Å². The number of furan rings is 1. The van der Waals surface area contributed by atoms with Crippen molar-refractivity contribution in [2.75, 3.05) is 11.6 Å². The van der Waals surface area contributed by atoms with E-state index in [0.29, 0.717) is 5.76 Å². The number of anilines is 1. The SMILES string of the molecule is Cc1ccc(C(C)Nc2cc(S(C)(=O)=O)ccc2F)o1. The van der Waals surface area contributed by atoms with Crippen LogP contribution in [-0.2, 0) is 9.84 Å². The number of nitrogens with one attached hydrogen (secondary N) is 1. The molecule has 1 aromatic heterocycles. The predicted molar refractivity (Wildman–Crippen MR) is 75.0 cm³/mol. The lowest BCUT2D eigenvalue weighted by Gasteiger charge is -2.14. The van der Waals surface area contributed by atoms with E-state index in [1.54, 1.807) is 6.07 Å². The molecule has 1 atom stereocenters. The molecule has 0 saturated heterocycles. The zero-order valence-corrected chi connectivity index (χ0v) is 12.3. The maximum Gasteiger partial charge on any atom is 0.175 e. The van der Waals surface area contributed by atoms with Crippen LogP contribution in [0.15, 0.2) is 39.6 Å². The zero-order valence-electron chi connectivity index (χ0n) is 11.5. The highest BCUT2D eigenvalue weighted by atomic mass is 32.2. The average Bonchev–Trinajstić information content (AvgIpc) is 2.77. The third-order valence-corrected chi connectivity index (χ3v) is 4.04. The van der Waals surface area contributed by atoms with Gasteiger partial charge in [-0.25, -0.2) is 12.8 Å². The molecule has 0 aliphatic rings. The molecule has 6 heteroatoms.